The van der Waals surface area contributed by atoms with Crippen molar-refractivity contribution in [1.29, 1.82) is 0 Å². The van der Waals surface area contributed by atoms with Crippen molar-refractivity contribution in [2.75, 3.05) is 5.32 Å². The predicted octanol–water partition coefficient (Wildman–Crippen LogP) is 7.63. The van der Waals surface area contributed by atoms with E-state index in [4.69, 9.17) is 15.0 Å². The van der Waals surface area contributed by atoms with E-state index in [1.807, 2.05) is 24.3 Å². The second-order valence-corrected chi connectivity index (χ2v) is 12.5. The van der Waals surface area contributed by atoms with Gasteiger partial charge in [0.25, 0.3) is 0 Å². The van der Waals surface area contributed by atoms with Crippen molar-refractivity contribution in [2.45, 2.75) is 0 Å². The maximum absolute atomic E-state index is 5.11. The zero-order chi connectivity index (χ0) is 28.6. The molecule has 0 atom stereocenters. The summed E-state index contributed by atoms with van der Waals surface area (Å²) in [6, 6.07) is 50.4. The minimum absolute atomic E-state index is 0.109. The molecule has 1 N–H and O–H groups in total. The molecule has 0 amide bonds. The van der Waals surface area contributed by atoms with Crippen LogP contribution in [-0.4, -0.2) is 34.0 Å². The van der Waals surface area contributed by atoms with Gasteiger partial charge in [-0.2, -0.15) is 0 Å². The van der Waals surface area contributed by atoms with Crippen LogP contribution in [0.1, 0.15) is 5.56 Å². The topological polar surface area (TPSA) is 50.7 Å². The fourth-order valence-electron chi connectivity index (χ4n) is 5.49. The Morgan fingerprint density at radius 3 is 1.63 bits per heavy atom. The van der Waals surface area contributed by atoms with Crippen LogP contribution in [0.3, 0.4) is 0 Å². The van der Waals surface area contributed by atoms with E-state index in [-0.39, 0.29) is 14.5 Å². The fourth-order valence-corrected chi connectivity index (χ4v) is 7.96. The molecule has 0 fully saturated rings. The summed E-state index contributed by atoms with van der Waals surface area (Å²) < 4.78 is 2.60. The number of aromatic nitrogens is 3. The third-order valence-electron chi connectivity index (χ3n) is 7.64. The molecule has 0 spiro atoms. The molecule has 4 nitrogen and oxygen atoms in total. The summed E-state index contributed by atoms with van der Waals surface area (Å²) in [4.78, 5) is 15.2. The monoisotopic (exact) mass is 617 g/mol. The van der Waals surface area contributed by atoms with E-state index in [0.29, 0.717) is 17.5 Å². The second kappa shape index (κ2) is 10.9. The van der Waals surface area contributed by atoms with Crippen molar-refractivity contribution in [2.24, 2.45) is 0 Å². The van der Waals surface area contributed by atoms with Crippen LogP contribution in [0.15, 0.2) is 146 Å². The Balaban J connectivity index is 1.30. The second-order valence-electron chi connectivity index (χ2n) is 10.4. The van der Waals surface area contributed by atoms with Crippen molar-refractivity contribution in [3.8, 4) is 45.3 Å². The number of hydrogen-bond acceptors (Lipinski definition) is 4. The zero-order valence-corrected chi connectivity index (χ0v) is 24.8. The number of benzene rings is 6. The summed E-state index contributed by atoms with van der Waals surface area (Å²) in [5.74, 6) is 2.00. The quantitative estimate of drug-likeness (QED) is 0.202. The number of nitrogens with one attached hydrogen (secondary N) is 1. The first kappa shape index (κ1) is 25.5. The van der Waals surface area contributed by atoms with Gasteiger partial charge in [-0.05, 0) is 0 Å². The third kappa shape index (κ3) is 4.85. The van der Waals surface area contributed by atoms with Crippen LogP contribution >= 0.6 is 0 Å². The SMILES string of the molecule is c1ccc(C2=[Se]c3c(ccc4cccc(-c5nc(-c6ccccc6)nc(-c6ccc(-c7ccccc7)cc6)n5)c34)N2)cc1. The molecule has 8 rings (SSSR count). The number of hydrogen-bond donors (Lipinski definition) is 1. The van der Waals surface area contributed by atoms with Gasteiger partial charge in [-0.1, -0.05) is 18.2 Å². The van der Waals surface area contributed by atoms with Gasteiger partial charge in [0.2, 0.25) is 0 Å². The van der Waals surface area contributed by atoms with E-state index >= 15 is 0 Å². The molecule has 0 saturated carbocycles. The predicted molar refractivity (Wildman–Crippen MR) is 179 cm³/mol. The molecular formula is C38H25N4Se. The Labute approximate surface area is 255 Å². The maximum atomic E-state index is 5.11. The van der Waals surface area contributed by atoms with E-state index in [2.05, 4.69) is 127 Å². The van der Waals surface area contributed by atoms with Crippen LogP contribution in [0, 0.1) is 0 Å². The van der Waals surface area contributed by atoms with E-state index in [1.54, 1.807) is 0 Å². The molecule has 203 valence electrons. The molecule has 0 unspecified atom stereocenters. The normalized spacial score (nSPS) is 12.0. The van der Waals surface area contributed by atoms with Crippen LogP contribution in [0.25, 0.3) is 56.1 Å². The molecule has 1 radical (unpaired) electrons. The Kier molecular flexibility index (Phi) is 6.45. The molecular weight excluding hydrogens is 591 g/mol. The van der Waals surface area contributed by atoms with Crippen LogP contribution in [0.4, 0.5) is 5.69 Å². The minimum atomic E-state index is 0.109. The average Bonchev–Trinajstić information content (AvgIpc) is 3.54. The molecule has 1 aliphatic heterocycles. The van der Waals surface area contributed by atoms with Gasteiger partial charge >= 0.3 is 238 Å². The first-order valence-corrected chi connectivity index (χ1v) is 15.9. The van der Waals surface area contributed by atoms with Gasteiger partial charge in [0.1, 0.15) is 0 Å². The van der Waals surface area contributed by atoms with Gasteiger partial charge < -0.3 is 0 Å². The van der Waals surface area contributed by atoms with Crippen LogP contribution in [-0.2, 0) is 0 Å². The standard InChI is InChI=1S/C38H25N4Se/c1-4-11-25(12-5-1)26-19-21-29(22-20-26)36-40-35(28-13-6-2-7-14-28)41-37(42-36)31-18-10-17-27-23-24-32-34(33(27)31)43-38(39-32)30-15-8-3-9-16-30/h1-24,39H. The van der Waals surface area contributed by atoms with Gasteiger partial charge in [0.05, 0.1) is 0 Å². The summed E-state index contributed by atoms with van der Waals surface area (Å²) in [5, 5.41) is 6.09. The van der Waals surface area contributed by atoms with Crippen LogP contribution in [0.5, 0.6) is 0 Å². The van der Waals surface area contributed by atoms with Crippen molar-refractivity contribution in [3.63, 3.8) is 0 Å². The Bertz CT molecular complexity index is 2130. The molecule has 5 heteroatoms. The van der Waals surface area contributed by atoms with E-state index < -0.39 is 0 Å². The molecule has 43 heavy (non-hydrogen) atoms. The number of fused-ring (bicyclic) bond motifs is 3. The molecule has 6 aromatic carbocycles. The van der Waals surface area contributed by atoms with Gasteiger partial charge in [-0.3, -0.25) is 0 Å². The van der Waals surface area contributed by atoms with Gasteiger partial charge in [0, 0.05) is 0 Å². The summed E-state index contributed by atoms with van der Waals surface area (Å²) >= 11 is 0.109. The average molecular weight is 617 g/mol. The first-order chi connectivity index (χ1) is 21.3. The first-order valence-electron chi connectivity index (χ1n) is 14.2. The molecule has 0 saturated heterocycles. The Morgan fingerprint density at radius 2 is 0.953 bits per heavy atom. The van der Waals surface area contributed by atoms with E-state index in [9.17, 15) is 0 Å². The van der Waals surface area contributed by atoms with Crippen molar-refractivity contribution < 1.29 is 0 Å². The summed E-state index contributed by atoms with van der Waals surface area (Å²) in [7, 11) is 0. The molecule has 1 aliphatic rings. The van der Waals surface area contributed by atoms with Crippen molar-refractivity contribution in [1.82, 2.24) is 15.0 Å². The molecule has 7 aromatic rings. The fraction of sp³-hybridized carbons (Fsp3) is 0. The van der Waals surface area contributed by atoms with Crippen LogP contribution in [0.2, 0.25) is 0 Å². The van der Waals surface area contributed by atoms with Crippen molar-refractivity contribution >= 4 is 40.0 Å². The summed E-state index contributed by atoms with van der Waals surface area (Å²) in [5.41, 5.74) is 7.67. The molecule has 1 aromatic heterocycles. The number of anilines is 1. The molecule has 0 bridgehead atoms. The van der Waals surface area contributed by atoms with E-state index in [1.165, 1.54) is 30.9 Å². The molecule has 0 aliphatic carbocycles. The van der Waals surface area contributed by atoms with Crippen molar-refractivity contribution in [3.05, 3.63) is 151 Å². The Morgan fingerprint density at radius 1 is 0.419 bits per heavy atom. The Hall–Kier alpha value is -5.22. The number of rotatable bonds is 5. The summed E-state index contributed by atoms with van der Waals surface area (Å²) in [6.07, 6.45) is 0. The van der Waals surface area contributed by atoms with Gasteiger partial charge in [-0.25, -0.2) is 0 Å². The van der Waals surface area contributed by atoms with Crippen LogP contribution < -0.4 is 9.78 Å². The van der Waals surface area contributed by atoms with Gasteiger partial charge in [-0.15, -0.1) is 0 Å². The van der Waals surface area contributed by atoms with E-state index in [0.717, 1.165) is 27.9 Å². The zero-order valence-electron chi connectivity index (χ0n) is 23.1. The third-order valence-corrected chi connectivity index (χ3v) is 10.1. The molecule has 2 heterocycles. The number of nitrogens with zero attached hydrogens (tertiary/aromatic N) is 3. The van der Waals surface area contributed by atoms with Gasteiger partial charge in [0.15, 0.2) is 0 Å². The summed E-state index contributed by atoms with van der Waals surface area (Å²) in [6.45, 7) is 0.